The lowest BCUT2D eigenvalue weighted by atomic mass is 9.66. The van der Waals surface area contributed by atoms with Crippen LogP contribution in [0.4, 0.5) is 0 Å². The van der Waals surface area contributed by atoms with Crippen LogP contribution >= 0.6 is 0 Å². The summed E-state index contributed by atoms with van der Waals surface area (Å²) in [6.07, 6.45) is 7.19. The first-order chi connectivity index (χ1) is 24.3. The summed E-state index contributed by atoms with van der Waals surface area (Å²) in [6, 6.07) is 59.4. The van der Waals surface area contributed by atoms with Crippen molar-refractivity contribution >= 4 is 43.7 Å². The minimum absolute atomic E-state index is 0.149. The minimum atomic E-state index is 0.149. The highest BCUT2D eigenvalue weighted by Gasteiger charge is 2.37. The zero-order valence-corrected chi connectivity index (χ0v) is 26.9. The lowest BCUT2D eigenvalue weighted by Gasteiger charge is -2.37. The van der Waals surface area contributed by atoms with E-state index in [-0.39, 0.29) is 11.8 Å². The zero-order valence-electron chi connectivity index (χ0n) is 26.9. The zero-order chi connectivity index (χ0) is 32.3. The lowest BCUT2D eigenvalue weighted by Crippen LogP contribution is -2.23. The number of hydrogen-bond acceptors (Lipinski definition) is 1. The highest BCUT2D eigenvalue weighted by molar-refractivity contribution is 5.96. The van der Waals surface area contributed by atoms with E-state index in [1.165, 1.54) is 54.9 Å². The van der Waals surface area contributed by atoms with E-state index in [9.17, 15) is 0 Å². The van der Waals surface area contributed by atoms with Gasteiger partial charge in [0, 0.05) is 23.1 Å². The second-order valence-electron chi connectivity index (χ2n) is 13.1. The van der Waals surface area contributed by atoms with Crippen LogP contribution in [0.25, 0.3) is 49.4 Å². The van der Waals surface area contributed by atoms with E-state index in [1.54, 1.807) is 0 Å². The average molecular weight is 625 g/mol. The molecule has 0 saturated heterocycles. The van der Waals surface area contributed by atoms with Crippen LogP contribution in [-0.4, -0.2) is 9.55 Å². The van der Waals surface area contributed by atoms with Gasteiger partial charge in [0.25, 0.3) is 0 Å². The van der Waals surface area contributed by atoms with Crippen LogP contribution in [0.2, 0.25) is 0 Å². The Morgan fingerprint density at radius 2 is 1.22 bits per heavy atom. The summed E-state index contributed by atoms with van der Waals surface area (Å²) < 4.78 is 2.31. The highest BCUT2D eigenvalue weighted by atomic mass is 15.1. The Hall–Kier alpha value is -6.25. The number of imidazole rings is 1. The van der Waals surface area contributed by atoms with Crippen LogP contribution in [0.3, 0.4) is 0 Å². The number of rotatable bonds is 4. The minimum Gasteiger partial charge on any atom is -0.292 e. The smallest absolute Gasteiger partial charge is 0.145 e. The van der Waals surface area contributed by atoms with Crippen molar-refractivity contribution in [3.8, 4) is 5.69 Å². The third-order valence-electron chi connectivity index (χ3n) is 10.4. The molecule has 0 fully saturated rings. The first kappa shape index (κ1) is 27.8. The van der Waals surface area contributed by atoms with Crippen molar-refractivity contribution < 1.29 is 0 Å². The Bertz CT molecular complexity index is 2670. The normalized spacial score (nSPS) is 16.9. The van der Waals surface area contributed by atoms with Gasteiger partial charge in [0.15, 0.2) is 0 Å². The summed E-state index contributed by atoms with van der Waals surface area (Å²) in [5.74, 6) is 1.27. The number of aromatic nitrogens is 2. The van der Waals surface area contributed by atoms with Crippen molar-refractivity contribution in [1.82, 2.24) is 9.55 Å². The quantitative estimate of drug-likeness (QED) is 0.190. The fourth-order valence-electron chi connectivity index (χ4n) is 8.15. The maximum absolute atomic E-state index is 5.27. The molecule has 0 radical (unpaired) electrons. The monoisotopic (exact) mass is 624 g/mol. The fraction of sp³-hybridized carbons (Fsp3) is 0.0426. The molecule has 8 aromatic rings. The first-order valence-corrected chi connectivity index (χ1v) is 17.0. The van der Waals surface area contributed by atoms with E-state index < -0.39 is 0 Å². The number of benzene rings is 7. The van der Waals surface area contributed by atoms with E-state index in [2.05, 4.69) is 187 Å². The predicted molar refractivity (Wildman–Crippen MR) is 204 cm³/mol. The van der Waals surface area contributed by atoms with E-state index in [0.29, 0.717) is 0 Å². The molecule has 0 aliphatic heterocycles. The second kappa shape index (κ2) is 11.2. The van der Waals surface area contributed by atoms with Gasteiger partial charge >= 0.3 is 0 Å². The lowest BCUT2D eigenvalue weighted by molar-refractivity contribution is 0.650. The van der Waals surface area contributed by atoms with Gasteiger partial charge in [-0.15, -0.1) is 0 Å². The van der Waals surface area contributed by atoms with Gasteiger partial charge in [-0.25, -0.2) is 4.98 Å². The van der Waals surface area contributed by atoms with Crippen LogP contribution in [0.5, 0.6) is 0 Å². The van der Waals surface area contributed by atoms with Crippen LogP contribution in [-0.2, 0) is 0 Å². The Morgan fingerprint density at radius 1 is 0.551 bits per heavy atom. The third-order valence-corrected chi connectivity index (χ3v) is 10.4. The molecular weight excluding hydrogens is 593 g/mol. The molecule has 10 rings (SSSR count). The van der Waals surface area contributed by atoms with Gasteiger partial charge in [-0.2, -0.15) is 0 Å². The van der Waals surface area contributed by atoms with Gasteiger partial charge < -0.3 is 0 Å². The molecule has 0 N–H and O–H groups in total. The van der Waals surface area contributed by atoms with Crippen molar-refractivity contribution in [3.63, 3.8) is 0 Å². The summed E-state index contributed by atoms with van der Waals surface area (Å²) >= 11 is 0. The topological polar surface area (TPSA) is 17.8 Å². The molecule has 2 heteroatoms. The molecule has 0 bridgehead atoms. The molecule has 0 saturated carbocycles. The third kappa shape index (κ3) is 4.52. The molecule has 2 aliphatic rings. The number of allylic oxidation sites excluding steroid dienone is 5. The summed E-state index contributed by atoms with van der Waals surface area (Å²) in [5.41, 5.74) is 12.2. The van der Waals surface area contributed by atoms with Gasteiger partial charge in [-0.3, -0.25) is 4.57 Å². The van der Waals surface area contributed by atoms with Gasteiger partial charge in [0.2, 0.25) is 0 Å². The number of fused-ring (bicyclic) bond motifs is 5. The van der Waals surface area contributed by atoms with Crippen LogP contribution in [0.1, 0.15) is 34.0 Å². The van der Waals surface area contributed by atoms with Crippen molar-refractivity contribution in [3.05, 3.63) is 216 Å². The van der Waals surface area contributed by atoms with Crippen LogP contribution < -0.4 is 0 Å². The van der Waals surface area contributed by atoms with Gasteiger partial charge in [-0.1, -0.05) is 146 Å². The number of hydrogen-bond donors (Lipinski definition) is 0. The summed E-state index contributed by atoms with van der Waals surface area (Å²) in [6.45, 7) is 0. The predicted octanol–water partition coefficient (Wildman–Crippen LogP) is 11.5. The van der Waals surface area contributed by atoms with E-state index in [0.717, 1.165) is 28.1 Å². The average Bonchev–Trinajstić information content (AvgIpc) is 3.56. The molecule has 1 heterocycles. The second-order valence-corrected chi connectivity index (χ2v) is 13.1. The highest BCUT2D eigenvalue weighted by Crippen LogP contribution is 2.52. The maximum atomic E-state index is 5.27. The molecule has 230 valence electrons. The van der Waals surface area contributed by atoms with E-state index in [4.69, 9.17) is 4.98 Å². The van der Waals surface area contributed by atoms with Crippen LogP contribution in [0.15, 0.2) is 188 Å². The SMILES string of the molecule is C1=CC2C(=C(c3ccc4ccccc4c3)c3ccccc3C2c2ccc3ccccc3c2)C=C1c1nc2ccccc2n1-c1ccccc1. The molecule has 2 nitrogen and oxygen atoms in total. The molecule has 2 aliphatic carbocycles. The van der Waals surface area contributed by atoms with E-state index in [1.807, 2.05) is 0 Å². The van der Waals surface area contributed by atoms with Crippen molar-refractivity contribution in [2.45, 2.75) is 5.92 Å². The Morgan fingerprint density at radius 3 is 2.06 bits per heavy atom. The first-order valence-electron chi connectivity index (χ1n) is 17.0. The van der Waals surface area contributed by atoms with E-state index >= 15 is 0 Å². The van der Waals surface area contributed by atoms with Gasteiger partial charge in [0.05, 0.1) is 11.0 Å². The number of nitrogens with zero attached hydrogens (tertiary/aromatic N) is 2. The summed E-state index contributed by atoms with van der Waals surface area (Å²) in [5, 5.41) is 5.04. The molecule has 2 unspecified atom stereocenters. The standard InChI is InChI=1S/C47H32N2/c1-2-16-38(17-3-1)49-44-21-11-10-20-43(44)48-47(49)37-26-27-41-42(30-37)46(36-25-23-32-13-5-7-15-34(32)29-36)40-19-9-8-18-39(40)45(41)35-24-22-31-12-4-6-14-33(31)28-35/h1-30,41,45H. The Labute approximate surface area is 285 Å². The van der Waals surface area contributed by atoms with Crippen LogP contribution in [0, 0.1) is 5.92 Å². The Balaban J connectivity index is 1.25. The van der Waals surface area contributed by atoms with Crippen molar-refractivity contribution in [1.29, 1.82) is 0 Å². The maximum Gasteiger partial charge on any atom is 0.145 e. The van der Waals surface area contributed by atoms with Gasteiger partial charge in [-0.05, 0) is 91.4 Å². The van der Waals surface area contributed by atoms with Crippen molar-refractivity contribution in [2.75, 3.05) is 0 Å². The molecule has 0 amide bonds. The fourth-order valence-corrected chi connectivity index (χ4v) is 8.15. The summed E-state index contributed by atoms with van der Waals surface area (Å²) in [7, 11) is 0. The van der Waals surface area contributed by atoms with Gasteiger partial charge in [0.1, 0.15) is 5.82 Å². The molecule has 7 aromatic carbocycles. The molecule has 49 heavy (non-hydrogen) atoms. The molecule has 0 spiro atoms. The van der Waals surface area contributed by atoms with Crippen molar-refractivity contribution in [2.24, 2.45) is 5.92 Å². The molecule has 1 aromatic heterocycles. The largest absolute Gasteiger partial charge is 0.292 e. The molecular formula is C47H32N2. The Kier molecular flexibility index (Phi) is 6.35. The number of para-hydroxylation sites is 3. The molecule has 2 atom stereocenters. The summed E-state index contributed by atoms with van der Waals surface area (Å²) in [4.78, 5) is 5.27.